The Balaban J connectivity index is 2.92. The minimum absolute atomic E-state index is 0.0522. The predicted molar refractivity (Wildman–Crippen MR) is 78.7 cm³/mol. The highest BCUT2D eigenvalue weighted by atomic mass is 32.2. The average Bonchev–Trinajstić information content (AvgIpc) is 2.48. The molecule has 1 aromatic rings. The average molecular weight is 318 g/mol. The van der Waals surface area contributed by atoms with Gasteiger partial charge in [0.2, 0.25) is 16.0 Å². The van der Waals surface area contributed by atoms with Crippen LogP contribution in [0.1, 0.15) is 6.92 Å². The van der Waals surface area contributed by atoms with Crippen molar-refractivity contribution in [3.8, 4) is 0 Å². The van der Waals surface area contributed by atoms with Crippen LogP contribution >= 0.6 is 0 Å². The maximum Gasteiger partial charge on any atom is 0.246 e. The van der Waals surface area contributed by atoms with Crippen molar-refractivity contribution < 1.29 is 17.9 Å². The third kappa shape index (κ3) is 5.20. The van der Waals surface area contributed by atoms with Crippen molar-refractivity contribution in [3.63, 3.8) is 0 Å². The molecule has 0 aliphatic heterocycles. The number of ether oxygens (including phenoxy) is 2. The zero-order chi connectivity index (χ0) is 15.7. The Hall–Kier alpha value is -1.29. The van der Waals surface area contributed by atoms with Crippen LogP contribution in [-0.4, -0.2) is 69.8 Å². The molecule has 120 valence electrons. The van der Waals surface area contributed by atoms with Crippen LogP contribution in [0.3, 0.4) is 0 Å². The lowest BCUT2D eigenvalue weighted by Crippen LogP contribution is -2.36. The second-order valence-electron chi connectivity index (χ2n) is 4.16. The fraction of sp³-hybridized carbons (Fsp3) is 0.667. The molecule has 1 heterocycles. The number of rotatable bonds is 10. The summed E-state index contributed by atoms with van der Waals surface area (Å²) in [4.78, 5) is 8.03. The predicted octanol–water partition coefficient (Wildman–Crippen LogP) is 0.192. The van der Waals surface area contributed by atoms with E-state index in [1.54, 1.807) is 0 Å². The molecule has 0 saturated heterocycles. The Bertz CT molecular complexity index is 498. The summed E-state index contributed by atoms with van der Waals surface area (Å²) in [5.74, 6) is 0.400. The standard InChI is InChI=1S/C12H22N4O4S/c1-4-13-12-14-9-11(10-15-12)21(17,18)16(5-7-19-2)6-8-20-3/h9-10H,4-8H2,1-3H3,(H,13,14,15). The fourth-order valence-corrected chi connectivity index (χ4v) is 2.89. The van der Waals surface area contributed by atoms with Crippen molar-refractivity contribution in [2.24, 2.45) is 0 Å². The Labute approximate surface area is 125 Å². The van der Waals surface area contributed by atoms with Gasteiger partial charge in [0.15, 0.2) is 0 Å². The van der Waals surface area contributed by atoms with Gasteiger partial charge in [-0.25, -0.2) is 18.4 Å². The largest absolute Gasteiger partial charge is 0.383 e. The molecule has 0 radical (unpaired) electrons. The molecule has 1 aromatic heterocycles. The van der Waals surface area contributed by atoms with Crippen molar-refractivity contribution in [1.29, 1.82) is 0 Å². The summed E-state index contributed by atoms with van der Waals surface area (Å²) in [7, 11) is -0.610. The van der Waals surface area contributed by atoms with Gasteiger partial charge in [-0.15, -0.1) is 0 Å². The number of anilines is 1. The van der Waals surface area contributed by atoms with Gasteiger partial charge in [0.25, 0.3) is 0 Å². The topological polar surface area (TPSA) is 93.7 Å². The molecule has 8 nitrogen and oxygen atoms in total. The maximum absolute atomic E-state index is 12.5. The first kappa shape index (κ1) is 17.8. The molecule has 0 aromatic carbocycles. The molecule has 0 atom stereocenters. The number of sulfonamides is 1. The zero-order valence-corrected chi connectivity index (χ0v) is 13.4. The van der Waals surface area contributed by atoms with Gasteiger partial charge >= 0.3 is 0 Å². The summed E-state index contributed by atoms with van der Waals surface area (Å²) in [6, 6.07) is 0. The Morgan fingerprint density at radius 1 is 1.14 bits per heavy atom. The van der Waals surface area contributed by atoms with Gasteiger partial charge in [-0.05, 0) is 6.92 Å². The number of hydrogen-bond acceptors (Lipinski definition) is 7. The van der Waals surface area contributed by atoms with E-state index in [4.69, 9.17) is 9.47 Å². The molecule has 0 spiro atoms. The van der Waals surface area contributed by atoms with Crippen LogP contribution in [0.4, 0.5) is 5.95 Å². The molecule has 0 fully saturated rings. The fourth-order valence-electron chi connectivity index (χ4n) is 1.59. The number of nitrogens with zero attached hydrogens (tertiary/aromatic N) is 3. The minimum Gasteiger partial charge on any atom is -0.383 e. The van der Waals surface area contributed by atoms with Crippen LogP contribution in [-0.2, 0) is 19.5 Å². The molecule has 0 bridgehead atoms. The van der Waals surface area contributed by atoms with E-state index in [0.29, 0.717) is 25.7 Å². The van der Waals surface area contributed by atoms with E-state index in [2.05, 4.69) is 15.3 Å². The van der Waals surface area contributed by atoms with Crippen LogP contribution in [0.25, 0.3) is 0 Å². The van der Waals surface area contributed by atoms with Crippen LogP contribution < -0.4 is 5.32 Å². The van der Waals surface area contributed by atoms with Crippen molar-refractivity contribution in [3.05, 3.63) is 12.4 Å². The maximum atomic E-state index is 12.5. The summed E-state index contributed by atoms with van der Waals surface area (Å²) in [6.07, 6.45) is 2.60. The summed E-state index contributed by atoms with van der Waals surface area (Å²) in [6.45, 7) is 3.68. The molecule has 1 N–H and O–H groups in total. The Morgan fingerprint density at radius 2 is 1.67 bits per heavy atom. The van der Waals surface area contributed by atoms with E-state index in [-0.39, 0.29) is 18.0 Å². The third-order valence-corrected chi connectivity index (χ3v) is 4.54. The third-order valence-electron chi connectivity index (χ3n) is 2.69. The number of aromatic nitrogens is 2. The summed E-state index contributed by atoms with van der Waals surface area (Å²) in [5, 5.41) is 2.91. The first-order valence-corrected chi connectivity index (χ1v) is 8.04. The molecular weight excluding hydrogens is 296 g/mol. The van der Waals surface area contributed by atoms with E-state index in [9.17, 15) is 8.42 Å². The minimum atomic E-state index is -3.66. The zero-order valence-electron chi connectivity index (χ0n) is 12.6. The van der Waals surface area contributed by atoms with Gasteiger partial charge in [-0.2, -0.15) is 4.31 Å². The molecule has 21 heavy (non-hydrogen) atoms. The van der Waals surface area contributed by atoms with E-state index in [1.807, 2.05) is 6.92 Å². The van der Waals surface area contributed by atoms with Gasteiger partial charge in [0.1, 0.15) is 4.90 Å². The highest BCUT2D eigenvalue weighted by Gasteiger charge is 2.24. The number of methoxy groups -OCH3 is 2. The van der Waals surface area contributed by atoms with Gasteiger partial charge in [0.05, 0.1) is 25.6 Å². The van der Waals surface area contributed by atoms with E-state index < -0.39 is 10.0 Å². The van der Waals surface area contributed by atoms with Gasteiger partial charge in [-0.1, -0.05) is 0 Å². The lowest BCUT2D eigenvalue weighted by atomic mass is 10.6. The van der Waals surface area contributed by atoms with Crippen molar-refractivity contribution in [2.45, 2.75) is 11.8 Å². The van der Waals surface area contributed by atoms with E-state index in [0.717, 1.165) is 0 Å². The number of hydrogen-bond donors (Lipinski definition) is 1. The Kier molecular flexibility index (Phi) is 7.51. The molecule has 0 amide bonds. The van der Waals surface area contributed by atoms with E-state index >= 15 is 0 Å². The second kappa shape index (κ2) is 8.88. The first-order chi connectivity index (χ1) is 10.1. The summed E-state index contributed by atoms with van der Waals surface area (Å²) < 4.78 is 36.2. The van der Waals surface area contributed by atoms with Crippen LogP contribution in [0.2, 0.25) is 0 Å². The van der Waals surface area contributed by atoms with Gasteiger partial charge < -0.3 is 14.8 Å². The van der Waals surface area contributed by atoms with Crippen molar-refractivity contribution in [1.82, 2.24) is 14.3 Å². The van der Waals surface area contributed by atoms with Crippen molar-refractivity contribution in [2.75, 3.05) is 52.4 Å². The summed E-state index contributed by atoms with van der Waals surface area (Å²) >= 11 is 0. The molecule has 0 saturated carbocycles. The van der Waals surface area contributed by atoms with Crippen molar-refractivity contribution >= 4 is 16.0 Å². The molecular formula is C12H22N4O4S. The van der Waals surface area contributed by atoms with Crippen LogP contribution in [0, 0.1) is 0 Å². The van der Waals surface area contributed by atoms with Gasteiger partial charge in [0, 0.05) is 33.9 Å². The SMILES string of the molecule is CCNc1ncc(S(=O)(=O)N(CCOC)CCOC)cn1. The first-order valence-electron chi connectivity index (χ1n) is 6.60. The smallest absolute Gasteiger partial charge is 0.246 e. The second-order valence-corrected chi connectivity index (χ2v) is 6.10. The van der Waals surface area contributed by atoms with Crippen LogP contribution in [0.5, 0.6) is 0 Å². The lowest BCUT2D eigenvalue weighted by molar-refractivity contribution is 0.150. The molecule has 0 unspecified atom stereocenters. The molecule has 0 aliphatic rings. The van der Waals surface area contributed by atoms with Crippen LogP contribution in [0.15, 0.2) is 17.3 Å². The van der Waals surface area contributed by atoms with Gasteiger partial charge in [-0.3, -0.25) is 0 Å². The Morgan fingerprint density at radius 3 is 2.10 bits per heavy atom. The lowest BCUT2D eigenvalue weighted by Gasteiger charge is -2.21. The number of nitrogens with one attached hydrogen (secondary N) is 1. The van der Waals surface area contributed by atoms with E-state index in [1.165, 1.54) is 30.9 Å². The normalized spacial score (nSPS) is 11.8. The molecule has 1 rings (SSSR count). The summed E-state index contributed by atoms with van der Waals surface area (Å²) in [5.41, 5.74) is 0. The monoisotopic (exact) mass is 318 g/mol. The molecule has 0 aliphatic carbocycles. The highest BCUT2D eigenvalue weighted by molar-refractivity contribution is 7.89. The highest BCUT2D eigenvalue weighted by Crippen LogP contribution is 2.14. The quantitative estimate of drug-likeness (QED) is 0.658. The molecule has 9 heteroatoms.